The molecule has 5 nitrogen and oxygen atoms in total. The summed E-state index contributed by atoms with van der Waals surface area (Å²) >= 11 is 0. The molecular weight excluding hydrogens is 350 g/mol. The summed E-state index contributed by atoms with van der Waals surface area (Å²) in [5.41, 5.74) is 2.05. The van der Waals surface area contributed by atoms with Gasteiger partial charge in [0.25, 0.3) is 5.56 Å². The highest BCUT2D eigenvalue weighted by atomic mass is 16.5. The van der Waals surface area contributed by atoms with Gasteiger partial charge in [-0.2, -0.15) is 9.78 Å². The highest BCUT2D eigenvalue weighted by molar-refractivity contribution is 5.84. The van der Waals surface area contributed by atoms with Crippen LogP contribution in [-0.2, 0) is 0 Å². The average molecular weight is 369 g/mol. The molecule has 138 valence electrons. The Labute approximate surface area is 162 Å². The molecule has 0 aliphatic heterocycles. The molecule has 5 heteroatoms. The SMILES string of the molecule is CCOc1ccccc1C=Nn1c(-c2ccccc2)nc2ccccc2c1=O. The molecule has 0 fully saturated rings. The molecule has 0 amide bonds. The van der Waals surface area contributed by atoms with Crippen molar-refractivity contribution < 1.29 is 4.74 Å². The van der Waals surface area contributed by atoms with Crippen LogP contribution in [0.4, 0.5) is 0 Å². The summed E-state index contributed by atoms with van der Waals surface area (Å²) in [5.74, 6) is 1.21. The van der Waals surface area contributed by atoms with E-state index in [-0.39, 0.29) is 5.56 Å². The Hall–Kier alpha value is -3.73. The maximum atomic E-state index is 13.1. The molecule has 28 heavy (non-hydrogen) atoms. The number of ether oxygens (including phenoxy) is 1. The van der Waals surface area contributed by atoms with E-state index in [1.165, 1.54) is 4.68 Å². The molecule has 0 spiro atoms. The Balaban J connectivity index is 1.91. The fraction of sp³-hybridized carbons (Fsp3) is 0.0870. The normalized spacial score (nSPS) is 11.2. The summed E-state index contributed by atoms with van der Waals surface area (Å²) in [6, 6.07) is 24.5. The number of aromatic nitrogens is 2. The smallest absolute Gasteiger partial charge is 0.282 e. The third-order valence-electron chi connectivity index (χ3n) is 4.32. The highest BCUT2D eigenvalue weighted by Gasteiger charge is 2.12. The first-order chi connectivity index (χ1) is 13.8. The summed E-state index contributed by atoms with van der Waals surface area (Å²) in [4.78, 5) is 17.8. The summed E-state index contributed by atoms with van der Waals surface area (Å²) in [6.07, 6.45) is 1.63. The van der Waals surface area contributed by atoms with Crippen LogP contribution in [0.15, 0.2) is 88.8 Å². The Morgan fingerprint density at radius 1 is 0.964 bits per heavy atom. The largest absolute Gasteiger partial charge is 0.493 e. The van der Waals surface area contributed by atoms with Crippen molar-refractivity contribution in [1.82, 2.24) is 9.66 Å². The number of fused-ring (bicyclic) bond motifs is 1. The van der Waals surface area contributed by atoms with E-state index >= 15 is 0 Å². The maximum Gasteiger partial charge on any atom is 0.282 e. The summed E-state index contributed by atoms with van der Waals surface area (Å²) < 4.78 is 6.99. The van der Waals surface area contributed by atoms with Gasteiger partial charge >= 0.3 is 0 Å². The second-order valence-electron chi connectivity index (χ2n) is 6.15. The van der Waals surface area contributed by atoms with Gasteiger partial charge in [-0.25, -0.2) is 4.98 Å². The van der Waals surface area contributed by atoms with E-state index in [9.17, 15) is 4.79 Å². The average Bonchev–Trinajstić information content (AvgIpc) is 2.75. The van der Waals surface area contributed by atoms with Gasteiger partial charge in [-0.05, 0) is 31.2 Å². The minimum absolute atomic E-state index is 0.213. The first kappa shape index (κ1) is 17.7. The molecule has 0 aliphatic carbocycles. The molecule has 0 saturated heterocycles. The lowest BCUT2D eigenvalue weighted by Gasteiger charge is -2.10. The van der Waals surface area contributed by atoms with Gasteiger partial charge < -0.3 is 4.74 Å². The standard InChI is InChI=1S/C23H19N3O2/c1-2-28-21-15-9-6-12-18(21)16-24-26-22(17-10-4-3-5-11-17)25-20-14-8-7-13-19(20)23(26)27/h3-16H,2H2,1H3. The van der Waals surface area contributed by atoms with Crippen molar-refractivity contribution in [2.45, 2.75) is 6.92 Å². The molecule has 0 radical (unpaired) electrons. The predicted octanol–water partition coefficient (Wildman–Crippen LogP) is 4.34. The molecule has 4 aromatic rings. The molecule has 1 heterocycles. The summed E-state index contributed by atoms with van der Waals surface area (Å²) in [5, 5.41) is 5.01. The minimum atomic E-state index is -0.213. The third kappa shape index (κ3) is 3.42. The van der Waals surface area contributed by atoms with Crippen LogP contribution in [0, 0.1) is 0 Å². The van der Waals surface area contributed by atoms with E-state index in [4.69, 9.17) is 9.72 Å². The molecule has 0 saturated carbocycles. The Morgan fingerprint density at radius 2 is 1.68 bits per heavy atom. The van der Waals surface area contributed by atoms with Crippen LogP contribution in [0.1, 0.15) is 12.5 Å². The number of nitrogens with zero attached hydrogens (tertiary/aromatic N) is 3. The van der Waals surface area contributed by atoms with Gasteiger partial charge in [0.2, 0.25) is 0 Å². The lowest BCUT2D eigenvalue weighted by atomic mass is 10.2. The first-order valence-corrected chi connectivity index (χ1v) is 9.11. The van der Waals surface area contributed by atoms with Crippen molar-refractivity contribution >= 4 is 17.1 Å². The van der Waals surface area contributed by atoms with Crippen LogP contribution in [0.5, 0.6) is 5.75 Å². The second-order valence-corrected chi connectivity index (χ2v) is 6.15. The maximum absolute atomic E-state index is 13.1. The molecule has 0 bridgehead atoms. The van der Waals surface area contributed by atoms with Crippen LogP contribution < -0.4 is 10.3 Å². The fourth-order valence-corrected chi connectivity index (χ4v) is 3.00. The molecule has 4 rings (SSSR count). The zero-order valence-electron chi connectivity index (χ0n) is 15.4. The third-order valence-corrected chi connectivity index (χ3v) is 4.32. The molecule has 0 unspecified atom stereocenters. The van der Waals surface area contributed by atoms with Crippen molar-refractivity contribution in [2.75, 3.05) is 6.61 Å². The van der Waals surface area contributed by atoms with Gasteiger partial charge in [0.1, 0.15) is 5.75 Å². The van der Waals surface area contributed by atoms with Crippen molar-refractivity contribution in [2.24, 2.45) is 5.10 Å². The quantitative estimate of drug-likeness (QED) is 0.492. The number of benzene rings is 3. The van der Waals surface area contributed by atoms with Crippen LogP contribution in [0.25, 0.3) is 22.3 Å². The Morgan fingerprint density at radius 3 is 2.50 bits per heavy atom. The van der Waals surface area contributed by atoms with E-state index in [0.717, 1.165) is 16.9 Å². The van der Waals surface area contributed by atoms with Gasteiger partial charge in [0.05, 0.1) is 23.7 Å². The van der Waals surface area contributed by atoms with Crippen LogP contribution in [-0.4, -0.2) is 22.5 Å². The lowest BCUT2D eigenvalue weighted by molar-refractivity contribution is 0.340. The topological polar surface area (TPSA) is 56.5 Å². The van der Waals surface area contributed by atoms with Gasteiger partial charge in [-0.15, -0.1) is 0 Å². The molecule has 1 aromatic heterocycles. The zero-order valence-corrected chi connectivity index (χ0v) is 15.4. The highest BCUT2D eigenvalue weighted by Crippen LogP contribution is 2.19. The predicted molar refractivity (Wildman–Crippen MR) is 112 cm³/mol. The summed E-state index contributed by atoms with van der Waals surface area (Å²) in [7, 11) is 0. The second kappa shape index (κ2) is 7.88. The lowest BCUT2D eigenvalue weighted by Crippen LogP contribution is -2.20. The van der Waals surface area contributed by atoms with Crippen LogP contribution in [0.2, 0.25) is 0 Å². The minimum Gasteiger partial charge on any atom is -0.493 e. The number of hydrogen-bond donors (Lipinski definition) is 0. The molecule has 0 atom stereocenters. The van der Waals surface area contributed by atoms with E-state index in [0.29, 0.717) is 23.3 Å². The number of hydrogen-bond acceptors (Lipinski definition) is 4. The monoisotopic (exact) mass is 369 g/mol. The zero-order chi connectivity index (χ0) is 19.3. The van der Waals surface area contributed by atoms with Gasteiger partial charge in [-0.1, -0.05) is 54.6 Å². The Bertz CT molecular complexity index is 1200. The number of rotatable bonds is 5. The molecule has 0 aliphatic rings. The first-order valence-electron chi connectivity index (χ1n) is 9.11. The van der Waals surface area contributed by atoms with Crippen molar-refractivity contribution in [3.63, 3.8) is 0 Å². The van der Waals surface area contributed by atoms with Crippen molar-refractivity contribution in [3.8, 4) is 17.1 Å². The van der Waals surface area contributed by atoms with E-state index < -0.39 is 0 Å². The van der Waals surface area contributed by atoms with Gasteiger partial charge in [-0.3, -0.25) is 4.79 Å². The van der Waals surface area contributed by atoms with Crippen LogP contribution in [0.3, 0.4) is 0 Å². The van der Waals surface area contributed by atoms with Crippen molar-refractivity contribution in [3.05, 3.63) is 94.8 Å². The van der Waals surface area contributed by atoms with Gasteiger partial charge in [0.15, 0.2) is 5.82 Å². The van der Waals surface area contributed by atoms with E-state index in [2.05, 4.69) is 5.10 Å². The molecular formula is C23H19N3O2. The van der Waals surface area contributed by atoms with E-state index in [1.807, 2.05) is 79.7 Å². The molecule has 3 aromatic carbocycles. The number of para-hydroxylation sites is 2. The van der Waals surface area contributed by atoms with E-state index in [1.54, 1.807) is 12.3 Å². The van der Waals surface area contributed by atoms with Gasteiger partial charge in [0, 0.05) is 11.1 Å². The fourth-order valence-electron chi connectivity index (χ4n) is 3.00. The van der Waals surface area contributed by atoms with Crippen LogP contribution >= 0.6 is 0 Å². The van der Waals surface area contributed by atoms with Crippen molar-refractivity contribution in [1.29, 1.82) is 0 Å². The Kier molecular flexibility index (Phi) is 4.97. The summed E-state index contributed by atoms with van der Waals surface area (Å²) in [6.45, 7) is 2.48. The molecule has 0 N–H and O–H groups in total.